The van der Waals surface area contributed by atoms with Gasteiger partial charge in [0.25, 0.3) is 5.91 Å². The molecule has 0 saturated heterocycles. The fourth-order valence-electron chi connectivity index (χ4n) is 3.11. The number of hydrogen-bond acceptors (Lipinski definition) is 5. The van der Waals surface area contributed by atoms with E-state index in [1.54, 1.807) is 11.4 Å². The van der Waals surface area contributed by atoms with Crippen LogP contribution in [0.1, 0.15) is 21.7 Å². The topological polar surface area (TPSA) is 76.9 Å². The van der Waals surface area contributed by atoms with Gasteiger partial charge in [-0.3, -0.25) is 14.9 Å². The monoisotopic (exact) mass is 474 g/mol. The summed E-state index contributed by atoms with van der Waals surface area (Å²) in [6.07, 6.45) is -4.66. The van der Waals surface area contributed by atoms with Gasteiger partial charge in [0.05, 0.1) is 16.9 Å². The lowest BCUT2D eigenvalue weighted by Crippen LogP contribution is -2.27. The highest BCUT2D eigenvalue weighted by atomic mass is 32.1. The molecule has 0 fully saturated rings. The molecule has 0 atom stereocenters. The number of anilines is 1. The summed E-state index contributed by atoms with van der Waals surface area (Å²) in [5.74, 6) is -1.38. The number of aryl methyl sites for hydroxylation is 1. The SMILES string of the molecule is Cc1cc(=O)c(C(=O)Nc2nc(-c3cccc(F)c3)cs2)nn1-c1ccccc1C(F)(F)F. The van der Waals surface area contributed by atoms with Gasteiger partial charge in [0, 0.05) is 22.7 Å². The number of amides is 1. The maximum Gasteiger partial charge on any atom is 0.418 e. The van der Waals surface area contributed by atoms with E-state index < -0.39 is 34.6 Å². The molecule has 1 amide bonds. The van der Waals surface area contributed by atoms with Crippen LogP contribution in [-0.4, -0.2) is 20.7 Å². The Morgan fingerprint density at radius 1 is 1.09 bits per heavy atom. The van der Waals surface area contributed by atoms with E-state index in [2.05, 4.69) is 15.4 Å². The molecule has 0 aliphatic rings. The molecular formula is C22H14F4N4O2S. The largest absolute Gasteiger partial charge is 0.418 e. The molecule has 0 saturated carbocycles. The smallest absolute Gasteiger partial charge is 0.296 e. The predicted molar refractivity (Wildman–Crippen MR) is 115 cm³/mol. The summed E-state index contributed by atoms with van der Waals surface area (Å²) in [4.78, 5) is 29.3. The van der Waals surface area contributed by atoms with E-state index in [0.717, 1.165) is 28.2 Å². The van der Waals surface area contributed by atoms with Crippen molar-refractivity contribution >= 4 is 22.4 Å². The molecule has 0 radical (unpaired) electrons. The molecule has 0 unspecified atom stereocenters. The van der Waals surface area contributed by atoms with Crippen molar-refractivity contribution in [1.29, 1.82) is 0 Å². The van der Waals surface area contributed by atoms with E-state index in [9.17, 15) is 27.2 Å². The first-order chi connectivity index (χ1) is 15.6. The molecule has 1 N–H and O–H groups in total. The van der Waals surface area contributed by atoms with Crippen LogP contribution in [-0.2, 0) is 6.18 Å². The highest BCUT2D eigenvalue weighted by Crippen LogP contribution is 2.33. The molecule has 2 aromatic heterocycles. The predicted octanol–water partition coefficient (Wildman–Crippen LogP) is 5.07. The summed E-state index contributed by atoms with van der Waals surface area (Å²) in [5.41, 5.74) is -1.62. The molecular weight excluding hydrogens is 460 g/mol. The van der Waals surface area contributed by atoms with Gasteiger partial charge in [0.2, 0.25) is 5.43 Å². The summed E-state index contributed by atoms with van der Waals surface area (Å²) in [6, 6.07) is 11.5. The molecule has 11 heteroatoms. The van der Waals surface area contributed by atoms with Crippen molar-refractivity contribution in [2.45, 2.75) is 13.1 Å². The van der Waals surface area contributed by atoms with Crippen molar-refractivity contribution in [3.8, 4) is 16.9 Å². The number of benzene rings is 2. The number of carbonyl (C=O) groups excluding carboxylic acids is 1. The van der Waals surface area contributed by atoms with Crippen LogP contribution < -0.4 is 10.7 Å². The molecule has 2 aromatic carbocycles. The number of hydrogen-bond donors (Lipinski definition) is 1. The first kappa shape index (κ1) is 22.3. The number of nitrogens with one attached hydrogen (secondary N) is 1. The normalized spacial score (nSPS) is 11.4. The molecule has 0 aliphatic heterocycles. The maximum atomic E-state index is 13.4. The van der Waals surface area contributed by atoms with E-state index in [0.29, 0.717) is 11.3 Å². The molecule has 6 nitrogen and oxygen atoms in total. The highest BCUT2D eigenvalue weighted by molar-refractivity contribution is 7.14. The van der Waals surface area contributed by atoms with Crippen LogP contribution in [0.25, 0.3) is 16.9 Å². The highest BCUT2D eigenvalue weighted by Gasteiger charge is 2.34. The Morgan fingerprint density at radius 2 is 1.85 bits per heavy atom. The molecule has 2 heterocycles. The zero-order valence-electron chi connectivity index (χ0n) is 16.9. The van der Waals surface area contributed by atoms with Crippen LogP contribution in [0.3, 0.4) is 0 Å². The average Bonchev–Trinajstić information content (AvgIpc) is 3.21. The van der Waals surface area contributed by atoms with Gasteiger partial charge in [-0.2, -0.15) is 18.3 Å². The standard InChI is InChI=1S/C22H14F4N4O2S/c1-12-9-18(31)19(29-30(12)17-8-3-2-7-15(17)22(24,25)26)20(32)28-21-27-16(11-33-21)13-5-4-6-14(23)10-13/h2-11H,1H3,(H,27,28,32). The van der Waals surface area contributed by atoms with E-state index >= 15 is 0 Å². The van der Waals surface area contributed by atoms with E-state index in [4.69, 9.17) is 0 Å². The van der Waals surface area contributed by atoms with Gasteiger partial charge in [-0.1, -0.05) is 24.3 Å². The summed E-state index contributed by atoms with van der Waals surface area (Å²) in [5, 5.41) is 8.03. The van der Waals surface area contributed by atoms with Crippen molar-refractivity contribution in [3.63, 3.8) is 0 Å². The second-order valence-corrected chi connectivity index (χ2v) is 7.79. The fraction of sp³-hybridized carbons (Fsp3) is 0.0909. The summed E-state index contributed by atoms with van der Waals surface area (Å²) >= 11 is 1.04. The second-order valence-electron chi connectivity index (χ2n) is 6.93. The van der Waals surface area contributed by atoms with Gasteiger partial charge in [-0.15, -0.1) is 11.3 Å². The van der Waals surface area contributed by atoms with Crippen LogP contribution >= 0.6 is 11.3 Å². The van der Waals surface area contributed by atoms with Crippen molar-refractivity contribution < 1.29 is 22.4 Å². The lowest BCUT2D eigenvalue weighted by Gasteiger charge is -2.16. The molecule has 33 heavy (non-hydrogen) atoms. The molecule has 4 rings (SSSR count). The number of nitrogens with zero attached hydrogens (tertiary/aromatic N) is 3. The zero-order chi connectivity index (χ0) is 23.8. The third-order valence-electron chi connectivity index (χ3n) is 4.61. The van der Waals surface area contributed by atoms with Crippen LogP contribution in [0.5, 0.6) is 0 Å². The Balaban J connectivity index is 1.67. The van der Waals surface area contributed by atoms with Crippen molar-refractivity contribution in [1.82, 2.24) is 14.8 Å². The quantitative estimate of drug-likeness (QED) is 0.419. The Kier molecular flexibility index (Phi) is 5.81. The lowest BCUT2D eigenvalue weighted by atomic mass is 10.1. The van der Waals surface area contributed by atoms with Crippen LogP contribution in [0.15, 0.2) is 64.8 Å². The summed E-state index contributed by atoms with van der Waals surface area (Å²) in [6.45, 7) is 1.41. The molecule has 0 aliphatic carbocycles. The van der Waals surface area contributed by atoms with Crippen LogP contribution in [0, 0.1) is 12.7 Å². The molecule has 168 valence electrons. The first-order valence-corrected chi connectivity index (χ1v) is 10.3. The molecule has 0 spiro atoms. The minimum Gasteiger partial charge on any atom is -0.296 e. The minimum atomic E-state index is -4.66. The molecule has 0 bridgehead atoms. The average molecular weight is 474 g/mol. The van der Waals surface area contributed by atoms with Gasteiger partial charge < -0.3 is 0 Å². The van der Waals surface area contributed by atoms with Crippen molar-refractivity contribution in [2.24, 2.45) is 0 Å². The van der Waals surface area contributed by atoms with Gasteiger partial charge >= 0.3 is 6.18 Å². The Morgan fingerprint density at radius 3 is 2.58 bits per heavy atom. The fourth-order valence-corrected chi connectivity index (χ4v) is 3.83. The van der Waals surface area contributed by atoms with E-state index in [1.165, 1.54) is 43.3 Å². The van der Waals surface area contributed by atoms with Crippen molar-refractivity contribution in [2.75, 3.05) is 5.32 Å². The van der Waals surface area contributed by atoms with Crippen LogP contribution in [0.4, 0.5) is 22.7 Å². The molecule has 4 aromatic rings. The van der Waals surface area contributed by atoms with Gasteiger partial charge in [0.1, 0.15) is 5.82 Å². The van der Waals surface area contributed by atoms with Gasteiger partial charge in [0.15, 0.2) is 10.8 Å². The number of aromatic nitrogens is 3. The second kappa shape index (κ2) is 8.58. The number of carbonyl (C=O) groups is 1. The number of rotatable bonds is 4. The number of alkyl halides is 3. The number of thiazole rings is 1. The number of halogens is 4. The lowest BCUT2D eigenvalue weighted by molar-refractivity contribution is -0.137. The Bertz CT molecular complexity index is 1410. The summed E-state index contributed by atoms with van der Waals surface area (Å²) in [7, 11) is 0. The maximum absolute atomic E-state index is 13.4. The van der Waals surface area contributed by atoms with Crippen molar-refractivity contribution in [3.05, 3.63) is 93.0 Å². The third kappa shape index (κ3) is 4.67. The zero-order valence-corrected chi connectivity index (χ0v) is 17.7. The van der Waals surface area contributed by atoms with Gasteiger partial charge in [-0.25, -0.2) is 14.1 Å². The Labute approximate surface area is 188 Å². The number of para-hydroxylation sites is 1. The third-order valence-corrected chi connectivity index (χ3v) is 5.36. The Hall–Kier alpha value is -3.86. The van der Waals surface area contributed by atoms with Gasteiger partial charge in [-0.05, 0) is 31.2 Å². The minimum absolute atomic E-state index is 0.114. The summed E-state index contributed by atoms with van der Waals surface area (Å²) < 4.78 is 54.7. The van der Waals surface area contributed by atoms with E-state index in [-0.39, 0.29) is 16.5 Å². The van der Waals surface area contributed by atoms with E-state index in [1.807, 2.05) is 0 Å². The van der Waals surface area contributed by atoms with Crippen LogP contribution in [0.2, 0.25) is 0 Å². The first-order valence-electron chi connectivity index (χ1n) is 9.44.